The van der Waals surface area contributed by atoms with Crippen LogP contribution in [0.5, 0.6) is 0 Å². The average molecular weight is 398 g/mol. The molecular weight excluding hydrogens is 383 g/mol. The maximum Gasteiger partial charge on any atom is 0.460 e. The van der Waals surface area contributed by atoms with E-state index >= 15 is 0 Å². The van der Waals surface area contributed by atoms with Crippen molar-refractivity contribution in [1.29, 1.82) is 0 Å². The Bertz CT molecular complexity index is 522. The van der Waals surface area contributed by atoms with E-state index in [1.54, 1.807) is 6.92 Å². The van der Waals surface area contributed by atoms with Gasteiger partial charge in [-0.1, -0.05) is 13.3 Å². The molecule has 0 aromatic carbocycles. The molecule has 0 spiro atoms. The standard InChI is InChI=1S/C13H16F7NO5/c1-2-3-6-26-9(24)7(4-5-8(22)23)21-10(25)11(14,15)12(16,17)13(18,19)20/h7H,2-6H2,1H3,(H,21,25)(H,22,23)/p-1. The number of hydrogen-bond donors (Lipinski definition) is 1. The Balaban J connectivity index is 5.31. The Morgan fingerprint density at radius 1 is 1.08 bits per heavy atom. The summed E-state index contributed by atoms with van der Waals surface area (Å²) in [7, 11) is 0. The van der Waals surface area contributed by atoms with Gasteiger partial charge in [0.1, 0.15) is 6.04 Å². The van der Waals surface area contributed by atoms with Crippen LogP contribution in [0.3, 0.4) is 0 Å². The Morgan fingerprint density at radius 3 is 2.04 bits per heavy atom. The molecule has 0 aliphatic carbocycles. The highest BCUT2D eigenvalue weighted by molar-refractivity contribution is 5.89. The number of alkyl halides is 7. The number of esters is 1. The third-order valence-electron chi connectivity index (χ3n) is 3.00. The second kappa shape index (κ2) is 9.03. The van der Waals surface area contributed by atoms with E-state index in [1.807, 2.05) is 0 Å². The third-order valence-corrected chi connectivity index (χ3v) is 3.00. The molecule has 0 aliphatic heterocycles. The lowest BCUT2D eigenvalue weighted by molar-refractivity contribution is -0.344. The van der Waals surface area contributed by atoms with Crippen molar-refractivity contribution >= 4 is 17.8 Å². The van der Waals surface area contributed by atoms with Crippen LogP contribution in [0.2, 0.25) is 0 Å². The quantitative estimate of drug-likeness (QED) is 0.339. The molecule has 0 saturated carbocycles. The van der Waals surface area contributed by atoms with Crippen molar-refractivity contribution in [3.8, 4) is 0 Å². The van der Waals surface area contributed by atoms with Crippen LogP contribution in [0.25, 0.3) is 0 Å². The van der Waals surface area contributed by atoms with Crippen LogP contribution < -0.4 is 10.4 Å². The van der Waals surface area contributed by atoms with Gasteiger partial charge in [-0.25, -0.2) is 4.79 Å². The van der Waals surface area contributed by atoms with Crippen molar-refractivity contribution in [3.05, 3.63) is 0 Å². The molecule has 0 heterocycles. The Kier molecular flexibility index (Phi) is 8.31. The SMILES string of the molecule is CCCCOC(=O)C(CCC(=O)[O-])NC(=O)C(F)(F)C(F)(F)C(F)(F)F. The number of aliphatic carboxylic acids is 1. The van der Waals surface area contributed by atoms with Gasteiger partial charge >= 0.3 is 24.0 Å². The summed E-state index contributed by atoms with van der Waals surface area (Å²) in [5, 5.41) is 11.4. The minimum Gasteiger partial charge on any atom is -0.550 e. The van der Waals surface area contributed by atoms with E-state index in [1.165, 1.54) is 0 Å². The summed E-state index contributed by atoms with van der Waals surface area (Å²) in [6, 6.07) is -2.17. The smallest absolute Gasteiger partial charge is 0.460 e. The molecule has 0 saturated heterocycles. The number of halogens is 7. The molecule has 1 N–H and O–H groups in total. The zero-order valence-corrected chi connectivity index (χ0v) is 13.3. The van der Waals surface area contributed by atoms with Crippen molar-refractivity contribution in [2.45, 2.75) is 56.7 Å². The van der Waals surface area contributed by atoms with Crippen molar-refractivity contribution < 1.29 is 55.0 Å². The van der Waals surface area contributed by atoms with Gasteiger partial charge in [-0.3, -0.25) is 4.79 Å². The summed E-state index contributed by atoms with van der Waals surface area (Å²) >= 11 is 0. The van der Waals surface area contributed by atoms with E-state index in [-0.39, 0.29) is 6.61 Å². The van der Waals surface area contributed by atoms with Gasteiger partial charge in [0.25, 0.3) is 5.91 Å². The number of unbranched alkanes of at least 4 members (excludes halogenated alkanes) is 1. The predicted molar refractivity (Wildman–Crippen MR) is 68.0 cm³/mol. The third kappa shape index (κ3) is 6.02. The molecule has 0 bridgehead atoms. The second-order valence-electron chi connectivity index (χ2n) is 5.10. The van der Waals surface area contributed by atoms with E-state index < -0.39 is 54.8 Å². The van der Waals surface area contributed by atoms with Gasteiger partial charge in [-0.05, 0) is 19.3 Å². The summed E-state index contributed by atoms with van der Waals surface area (Å²) in [6.45, 7) is 1.42. The molecule has 1 amide bonds. The fourth-order valence-electron chi connectivity index (χ4n) is 1.50. The summed E-state index contributed by atoms with van der Waals surface area (Å²) in [6.07, 6.45) is -7.80. The topological polar surface area (TPSA) is 95.5 Å². The second-order valence-corrected chi connectivity index (χ2v) is 5.10. The van der Waals surface area contributed by atoms with Crippen molar-refractivity contribution in [2.24, 2.45) is 0 Å². The molecule has 0 aromatic heterocycles. The van der Waals surface area contributed by atoms with Crippen molar-refractivity contribution in [2.75, 3.05) is 6.61 Å². The average Bonchev–Trinajstić information content (AvgIpc) is 2.49. The van der Waals surface area contributed by atoms with E-state index in [0.29, 0.717) is 12.8 Å². The fraction of sp³-hybridized carbons (Fsp3) is 0.769. The maximum atomic E-state index is 13.3. The van der Waals surface area contributed by atoms with E-state index in [9.17, 15) is 50.2 Å². The first kappa shape index (κ1) is 23.9. The molecule has 1 unspecified atom stereocenters. The van der Waals surface area contributed by atoms with Gasteiger partial charge < -0.3 is 20.0 Å². The van der Waals surface area contributed by atoms with Crippen LogP contribution in [-0.2, 0) is 19.1 Å². The van der Waals surface area contributed by atoms with Gasteiger partial charge in [0, 0.05) is 5.97 Å². The zero-order chi connectivity index (χ0) is 20.8. The molecule has 13 heteroatoms. The number of rotatable bonds is 10. The van der Waals surface area contributed by atoms with Gasteiger partial charge in [-0.15, -0.1) is 0 Å². The monoisotopic (exact) mass is 398 g/mol. The van der Waals surface area contributed by atoms with Gasteiger partial charge in [0.2, 0.25) is 0 Å². The highest BCUT2D eigenvalue weighted by Crippen LogP contribution is 2.46. The van der Waals surface area contributed by atoms with Gasteiger partial charge in [0.15, 0.2) is 0 Å². The normalized spacial score (nSPS) is 13.8. The summed E-state index contributed by atoms with van der Waals surface area (Å²) in [5.74, 6) is -19.3. The number of amides is 1. The number of hydrogen-bond acceptors (Lipinski definition) is 5. The molecule has 6 nitrogen and oxygen atoms in total. The minimum absolute atomic E-state index is 0.262. The number of carbonyl (C=O) groups excluding carboxylic acids is 3. The van der Waals surface area contributed by atoms with Gasteiger partial charge in [-0.2, -0.15) is 30.7 Å². The Morgan fingerprint density at radius 2 is 1.62 bits per heavy atom. The molecule has 0 fully saturated rings. The van der Waals surface area contributed by atoms with Crippen LogP contribution in [-0.4, -0.2) is 48.5 Å². The summed E-state index contributed by atoms with van der Waals surface area (Å²) in [4.78, 5) is 33.2. The van der Waals surface area contributed by atoms with Crippen LogP contribution in [0, 0.1) is 0 Å². The highest BCUT2D eigenvalue weighted by Gasteiger charge is 2.76. The molecule has 0 radical (unpaired) electrons. The highest BCUT2D eigenvalue weighted by atomic mass is 19.4. The van der Waals surface area contributed by atoms with Gasteiger partial charge in [0.05, 0.1) is 6.61 Å². The van der Waals surface area contributed by atoms with E-state index in [0.717, 1.165) is 5.32 Å². The van der Waals surface area contributed by atoms with E-state index in [2.05, 4.69) is 4.74 Å². The maximum absolute atomic E-state index is 13.3. The number of carboxylic acids is 1. The molecule has 1 atom stereocenters. The number of carbonyl (C=O) groups is 3. The molecule has 0 aromatic rings. The van der Waals surface area contributed by atoms with Crippen LogP contribution in [0.4, 0.5) is 30.7 Å². The predicted octanol–water partition coefficient (Wildman–Crippen LogP) is 1.18. The van der Waals surface area contributed by atoms with E-state index in [4.69, 9.17) is 0 Å². The first-order valence-electron chi connectivity index (χ1n) is 7.18. The van der Waals surface area contributed by atoms with Crippen LogP contribution in [0.15, 0.2) is 0 Å². The summed E-state index contributed by atoms with van der Waals surface area (Å²) in [5.41, 5.74) is 0. The van der Waals surface area contributed by atoms with Crippen molar-refractivity contribution in [1.82, 2.24) is 5.32 Å². The Labute approximate surface area is 142 Å². The number of ether oxygens (including phenoxy) is 1. The lowest BCUT2D eigenvalue weighted by Crippen LogP contribution is -2.61. The largest absolute Gasteiger partial charge is 0.550 e. The Hall–Kier alpha value is -2.08. The lowest BCUT2D eigenvalue weighted by Gasteiger charge is -2.28. The lowest BCUT2D eigenvalue weighted by atomic mass is 10.1. The number of carboxylic acid groups (broad SMARTS) is 1. The fourth-order valence-corrected chi connectivity index (χ4v) is 1.50. The molecule has 26 heavy (non-hydrogen) atoms. The minimum atomic E-state index is -6.74. The van der Waals surface area contributed by atoms with Crippen molar-refractivity contribution in [3.63, 3.8) is 0 Å². The van der Waals surface area contributed by atoms with Crippen LogP contribution in [0.1, 0.15) is 32.6 Å². The molecule has 0 aliphatic rings. The van der Waals surface area contributed by atoms with Crippen LogP contribution >= 0.6 is 0 Å². The molecule has 152 valence electrons. The summed E-state index contributed by atoms with van der Waals surface area (Å²) < 4.78 is 92.8. The zero-order valence-electron chi connectivity index (χ0n) is 13.3. The molecule has 0 rings (SSSR count). The number of nitrogens with one attached hydrogen (secondary N) is 1. The first-order chi connectivity index (χ1) is 11.7. The molecular formula is C13H15F7NO5-. The first-order valence-corrected chi connectivity index (χ1v) is 7.18.